The number of alkyl halides is 3. The van der Waals surface area contributed by atoms with Gasteiger partial charge in [-0.3, -0.25) is 9.59 Å². The molecule has 1 aliphatic rings. The Labute approximate surface area is 213 Å². The van der Waals surface area contributed by atoms with E-state index in [9.17, 15) is 22.8 Å². The van der Waals surface area contributed by atoms with E-state index in [1.165, 1.54) is 12.1 Å². The summed E-state index contributed by atoms with van der Waals surface area (Å²) < 4.78 is 42.9. The van der Waals surface area contributed by atoms with Crippen molar-refractivity contribution in [3.8, 4) is 11.1 Å². The minimum atomic E-state index is -4.44. The van der Waals surface area contributed by atoms with Gasteiger partial charge in [0.2, 0.25) is 5.91 Å². The third-order valence-corrected chi connectivity index (χ3v) is 6.60. The van der Waals surface area contributed by atoms with Gasteiger partial charge in [0.15, 0.2) is 11.0 Å². The van der Waals surface area contributed by atoms with Crippen LogP contribution in [0.15, 0.2) is 66.7 Å². The van der Waals surface area contributed by atoms with Crippen LogP contribution in [-0.2, 0) is 23.8 Å². The molecule has 0 radical (unpaired) electrons. The summed E-state index contributed by atoms with van der Waals surface area (Å²) in [7, 11) is 0. The van der Waals surface area contributed by atoms with Gasteiger partial charge in [0, 0.05) is 35.0 Å². The van der Waals surface area contributed by atoms with E-state index in [0.717, 1.165) is 34.9 Å². The van der Waals surface area contributed by atoms with Crippen molar-refractivity contribution >= 4 is 39.9 Å². The Bertz CT molecular complexity index is 1480. The number of amides is 2. The predicted octanol–water partition coefficient (Wildman–Crippen LogP) is 5.19. The lowest BCUT2D eigenvalue weighted by molar-refractivity contribution is -0.137. The monoisotopic (exact) mass is 523 g/mol. The number of hydrogen-bond acceptors (Lipinski definition) is 6. The van der Waals surface area contributed by atoms with Crippen molar-refractivity contribution in [2.75, 3.05) is 22.5 Å². The summed E-state index contributed by atoms with van der Waals surface area (Å²) in [6, 6.07) is 16.7. The Kier molecular flexibility index (Phi) is 6.38. The van der Waals surface area contributed by atoms with Gasteiger partial charge in [-0.15, -0.1) is 0 Å². The number of nitrogen functional groups attached to an aromatic ring is 1. The fourth-order valence-corrected chi connectivity index (χ4v) is 4.73. The number of nitrogens with zero attached hydrogens (tertiary/aromatic N) is 3. The van der Waals surface area contributed by atoms with E-state index >= 15 is 0 Å². The zero-order chi connectivity index (χ0) is 26.2. The van der Waals surface area contributed by atoms with Crippen molar-refractivity contribution in [1.82, 2.24) is 9.36 Å². The maximum absolute atomic E-state index is 13.1. The molecular weight excluding hydrogens is 503 g/mol. The minimum absolute atomic E-state index is 0.0480. The second-order valence-electron chi connectivity index (χ2n) is 8.44. The third kappa shape index (κ3) is 5.17. The van der Waals surface area contributed by atoms with E-state index < -0.39 is 17.6 Å². The first-order valence-electron chi connectivity index (χ1n) is 11.3. The van der Waals surface area contributed by atoms with Crippen LogP contribution in [0, 0.1) is 0 Å². The number of carbonyl (C=O) groups is 2. The van der Waals surface area contributed by atoms with Crippen LogP contribution in [0.3, 0.4) is 0 Å². The van der Waals surface area contributed by atoms with Crippen molar-refractivity contribution in [2.45, 2.75) is 19.0 Å². The number of hydrogen-bond donors (Lipinski definition) is 2. The molecule has 0 bridgehead atoms. The summed E-state index contributed by atoms with van der Waals surface area (Å²) in [6.45, 7) is 0.502. The molecule has 11 heteroatoms. The molecule has 5 rings (SSSR count). The Morgan fingerprint density at radius 3 is 2.51 bits per heavy atom. The average Bonchev–Trinajstić information content (AvgIpc) is 3.49. The number of nitrogens with one attached hydrogen (secondary N) is 1. The number of benzene rings is 3. The molecule has 0 unspecified atom stereocenters. The van der Waals surface area contributed by atoms with Gasteiger partial charge >= 0.3 is 6.18 Å². The minimum Gasteiger partial charge on any atom is -0.374 e. The Balaban J connectivity index is 1.32. The highest BCUT2D eigenvalue weighted by molar-refractivity contribution is 7.09. The van der Waals surface area contributed by atoms with Crippen molar-refractivity contribution in [3.63, 3.8) is 0 Å². The number of aromatic nitrogens is 2. The molecule has 37 heavy (non-hydrogen) atoms. The summed E-state index contributed by atoms with van der Waals surface area (Å²) in [6.07, 6.45) is -3.76. The molecule has 0 saturated heterocycles. The highest BCUT2D eigenvalue weighted by Gasteiger charge is 2.30. The van der Waals surface area contributed by atoms with Crippen LogP contribution < -0.4 is 16.0 Å². The Hall–Kier alpha value is -4.25. The van der Waals surface area contributed by atoms with Crippen molar-refractivity contribution in [2.24, 2.45) is 0 Å². The highest BCUT2D eigenvalue weighted by Crippen LogP contribution is 2.33. The van der Waals surface area contributed by atoms with Gasteiger partial charge in [0.1, 0.15) is 0 Å². The van der Waals surface area contributed by atoms with E-state index in [1.54, 1.807) is 41.3 Å². The number of fused-ring (bicyclic) bond motifs is 1. The quantitative estimate of drug-likeness (QED) is 0.375. The van der Waals surface area contributed by atoms with E-state index in [4.69, 9.17) is 5.73 Å². The standard InChI is InChI=1S/C26H20F3N5O2S/c27-26(28,29)17-7-5-15(6-8-17)19-3-1-2-4-20(19)24(36)31-18-9-10-21-16(13-18)11-12-34(21)23(35)14-22-32-25(30)37-33-22/h1-10,13H,11-12,14H2,(H,31,36)(H2,30,32,33). The van der Waals surface area contributed by atoms with Gasteiger partial charge in [0.25, 0.3) is 5.91 Å². The first-order valence-corrected chi connectivity index (χ1v) is 12.1. The van der Waals surface area contributed by atoms with E-state index in [2.05, 4.69) is 14.7 Å². The summed E-state index contributed by atoms with van der Waals surface area (Å²) in [4.78, 5) is 31.6. The van der Waals surface area contributed by atoms with Crippen molar-refractivity contribution in [1.29, 1.82) is 0 Å². The molecule has 2 heterocycles. The SMILES string of the molecule is Nc1nc(CC(=O)N2CCc3cc(NC(=O)c4ccccc4-c4ccc(C(F)(F)F)cc4)ccc32)ns1. The van der Waals surface area contributed by atoms with Crippen LogP contribution in [0.5, 0.6) is 0 Å². The summed E-state index contributed by atoms with van der Waals surface area (Å²) >= 11 is 1.04. The Morgan fingerprint density at radius 2 is 1.81 bits per heavy atom. The highest BCUT2D eigenvalue weighted by atomic mass is 32.1. The lowest BCUT2D eigenvalue weighted by Crippen LogP contribution is -2.30. The molecule has 188 valence electrons. The average molecular weight is 524 g/mol. The lowest BCUT2D eigenvalue weighted by atomic mass is 9.98. The summed E-state index contributed by atoms with van der Waals surface area (Å²) in [5.74, 6) is -0.149. The third-order valence-electron chi connectivity index (χ3n) is 6.02. The van der Waals surface area contributed by atoms with E-state index in [-0.39, 0.29) is 12.3 Å². The normalized spacial score (nSPS) is 12.9. The number of nitrogens with two attached hydrogens (primary N) is 1. The predicted molar refractivity (Wildman–Crippen MR) is 135 cm³/mol. The Morgan fingerprint density at radius 1 is 1.05 bits per heavy atom. The fourth-order valence-electron chi connectivity index (χ4n) is 4.28. The molecule has 0 spiro atoms. The molecular formula is C26H20F3N5O2S. The van der Waals surface area contributed by atoms with Crippen LogP contribution in [0.2, 0.25) is 0 Å². The van der Waals surface area contributed by atoms with E-state index in [1.807, 2.05) is 6.07 Å². The smallest absolute Gasteiger partial charge is 0.374 e. The summed E-state index contributed by atoms with van der Waals surface area (Å²) in [5, 5.41) is 3.18. The van der Waals surface area contributed by atoms with Crippen molar-refractivity contribution in [3.05, 3.63) is 89.2 Å². The molecule has 0 saturated carbocycles. The van der Waals surface area contributed by atoms with Gasteiger partial charge in [-0.2, -0.15) is 17.5 Å². The second kappa shape index (κ2) is 9.66. The topological polar surface area (TPSA) is 101 Å². The van der Waals surface area contributed by atoms with Crippen LogP contribution in [0.1, 0.15) is 27.3 Å². The lowest BCUT2D eigenvalue weighted by Gasteiger charge is -2.17. The van der Waals surface area contributed by atoms with Gasteiger partial charge in [-0.25, -0.2) is 4.98 Å². The van der Waals surface area contributed by atoms with Crippen LogP contribution in [-0.4, -0.2) is 27.7 Å². The summed E-state index contributed by atoms with van der Waals surface area (Å²) in [5.41, 5.74) is 8.40. The largest absolute Gasteiger partial charge is 0.416 e. The molecule has 3 N–H and O–H groups in total. The molecule has 1 aromatic heterocycles. The molecule has 4 aromatic rings. The number of anilines is 3. The molecule has 0 atom stereocenters. The molecule has 1 aliphatic heterocycles. The first kappa shape index (κ1) is 24.4. The molecule has 7 nitrogen and oxygen atoms in total. The van der Waals surface area contributed by atoms with Crippen LogP contribution >= 0.6 is 11.5 Å². The zero-order valence-corrected chi connectivity index (χ0v) is 20.1. The number of rotatable bonds is 5. The van der Waals surface area contributed by atoms with Gasteiger partial charge in [-0.05, 0) is 59.5 Å². The van der Waals surface area contributed by atoms with Gasteiger partial charge < -0.3 is 16.0 Å². The van der Waals surface area contributed by atoms with Crippen molar-refractivity contribution < 1.29 is 22.8 Å². The van der Waals surface area contributed by atoms with Crippen LogP contribution in [0.4, 0.5) is 29.7 Å². The van der Waals surface area contributed by atoms with Gasteiger partial charge in [0.05, 0.1) is 12.0 Å². The zero-order valence-electron chi connectivity index (χ0n) is 19.2. The molecule has 3 aromatic carbocycles. The van der Waals surface area contributed by atoms with Gasteiger partial charge in [-0.1, -0.05) is 30.3 Å². The second-order valence-corrected chi connectivity index (χ2v) is 9.22. The fraction of sp³-hybridized carbons (Fsp3) is 0.154. The molecule has 2 amide bonds. The molecule has 0 aliphatic carbocycles. The maximum atomic E-state index is 13.1. The number of halogens is 3. The number of carbonyl (C=O) groups excluding carboxylic acids is 2. The first-order chi connectivity index (χ1) is 17.7. The van der Waals surface area contributed by atoms with Crippen LogP contribution in [0.25, 0.3) is 11.1 Å². The molecule has 0 fully saturated rings. The maximum Gasteiger partial charge on any atom is 0.416 e. The van der Waals surface area contributed by atoms with E-state index in [0.29, 0.717) is 46.3 Å².